The number of carbonyl (C=O) groups is 2. The van der Waals surface area contributed by atoms with E-state index in [2.05, 4.69) is 15.0 Å². The number of ether oxygens (including phenoxy) is 1. The van der Waals surface area contributed by atoms with E-state index >= 15 is 0 Å². The summed E-state index contributed by atoms with van der Waals surface area (Å²) in [4.78, 5) is 25.8. The smallest absolute Gasteiger partial charge is 0.338 e. The number of carbonyl (C=O) groups excluding carboxylic acids is 2. The zero-order chi connectivity index (χ0) is 13.9. The Morgan fingerprint density at radius 1 is 1.39 bits per heavy atom. The van der Waals surface area contributed by atoms with Crippen LogP contribution in [0.15, 0.2) is 17.2 Å². The van der Waals surface area contributed by atoms with E-state index < -0.39 is 26.0 Å². The Labute approximate surface area is 108 Å². The van der Waals surface area contributed by atoms with Crippen molar-refractivity contribution in [3.8, 4) is 0 Å². The first kappa shape index (κ1) is 14.4. The quantitative estimate of drug-likeness (QED) is 0.651. The number of halogens is 1. The lowest BCUT2D eigenvalue weighted by Gasteiger charge is -2.06. The molecule has 0 aliphatic rings. The SMILES string of the molecule is COC(=O)c1cc(NC(C)=O)nc(S(=O)(=O)Cl)c1. The molecule has 1 heterocycles. The number of hydrogen-bond donors (Lipinski definition) is 1. The molecule has 18 heavy (non-hydrogen) atoms. The molecular formula is C9H9ClN2O5S. The van der Waals surface area contributed by atoms with Gasteiger partial charge in [0, 0.05) is 17.6 Å². The van der Waals surface area contributed by atoms with Crippen molar-refractivity contribution in [1.82, 2.24) is 4.98 Å². The van der Waals surface area contributed by atoms with Crippen LogP contribution in [0.4, 0.5) is 5.82 Å². The molecule has 1 rings (SSSR count). The van der Waals surface area contributed by atoms with E-state index in [9.17, 15) is 18.0 Å². The molecule has 0 aliphatic carbocycles. The number of nitrogens with one attached hydrogen (secondary N) is 1. The lowest BCUT2D eigenvalue weighted by molar-refractivity contribution is -0.114. The van der Waals surface area contributed by atoms with Crippen LogP contribution >= 0.6 is 10.7 Å². The molecule has 0 fully saturated rings. The third-order valence-electron chi connectivity index (χ3n) is 1.78. The van der Waals surface area contributed by atoms with Crippen molar-refractivity contribution in [2.75, 3.05) is 12.4 Å². The minimum absolute atomic E-state index is 0.0875. The highest BCUT2D eigenvalue weighted by Crippen LogP contribution is 2.18. The van der Waals surface area contributed by atoms with Crippen molar-refractivity contribution < 1.29 is 22.7 Å². The normalized spacial score (nSPS) is 10.8. The van der Waals surface area contributed by atoms with Crippen LogP contribution in [-0.4, -0.2) is 32.4 Å². The van der Waals surface area contributed by atoms with Gasteiger partial charge in [-0.3, -0.25) is 4.79 Å². The summed E-state index contributed by atoms with van der Waals surface area (Å²) in [6.07, 6.45) is 0. The van der Waals surface area contributed by atoms with E-state index in [1.807, 2.05) is 0 Å². The zero-order valence-electron chi connectivity index (χ0n) is 9.43. The Balaban J connectivity index is 3.38. The van der Waals surface area contributed by atoms with Gasteiger partial charge in [0.2, 0.25) is 5.91 Å². The van der Waals surface area contributed by atoms with E-state index in [0.29, 0.717) is 0 Å². The van der Waals surface area contributed by atoms with Crippen LogP contribution in [0, 0.1) is 0 Å². The zero-order valence-corrected chi connectivity index (χ0v) is 11.0. The Bertz CT molecular complexity index is 599. The highest BCUT2D eigenvalue weighted by Gasteiger charge is 2.18. The number of rotatable bonds is 3. The molecule has 0 bridgehead atoms. The van der Waals surface area contributed by atoms with Crippen LogP contribution < -0.4 is 5.32 Å². The molecule has 1 aromatic rings. The number of methoxy groups -OCH3 is 1. The van der Waals surface area contributed by atoms with Crippen LogP contribution in [0.3, 0.4) is 0 Å². The van der Waals surface area contributed by atoms with Gasteiger partial charge in [-0.2, -0.15) is 0 Å². The second-order valence-corrected chi connectivity index (χ2v) is 5.70. The second-order valence-electron chi connectivity index (χ2n) is 3.19. The highest BCUT2D eigenvalue weighted by atomic mass is 35.7. The molecule has 0 saturated carbocycles. The average molecular weight is 293 g/mol. The summed E-state index contributed by atoms with van der Waals surface area (Å²) in [6, 6.07) is 2.14. The van der Waals surface area contributed by atoms with Crippen LogP contribution in [0.1, 0.15) is 17.3 Å². The molecule has 0 atom stereocenters. The first-order valence-electron chi connectivity index (χ1n) is 4.56. The van der Waals surface area contributed by atoms with Crippen LogP contribution in [0.25, 0.3) is 0 Å². The van der Waals surface area contributed by atoms with Gasteiger partial charge >= 0.3 is 5.97 Å². The largest absolute Gasteiger partial charge is 0.465 e. The predicted molar refractivity (Wildman–Crippen MR) is 62.9 cm³/mol. The lowest BCUT2D eigenvalue weighted by atomic mass is 10.2. The molecule has 0 spiro atoms. The van der Waals surface area contributed by atoms with Crippen LogP contribution in [0.5, 0.6) is 0 Å². The Morgan fingerprint density at radius 3 is 2.44 bits per heavy atom. The molecule has 0 radical (unpaired) electrons. The number of anilines is 1. The molecule has 0 aromatic carbocycles. The summed E-state index contributed by atoms with van der Waals surface area (Å²) < 4.78 is 26.8. The third kappa shape index (κ3) is 3.67. The number of pyridine rings is 1. The summed E-state index contributed by atoms with van der Waals surface area (Å²) in [7, 11) is 2.14. The third-order valence-corrected chi connectivity index (χ3v) is 2.96. The van der Waals surface area contributed by atoms with E-state index in [-0.39, 0.29) is 11.4 Å². The summed E-state index contributed by atoms with van der Waals surface area (Å²) in [6.45, 7) is 1.21. The summed E-state index contributed by atoms with van der Waals surface area (Å²) >= 11 is 0. The van der Waals surface area contributed by atoms with Gasteiger partial charge in [-0.25, -0.2) is 18.2 Å². The number of hydrogen-bond acceptors (Lipinski definition) is 6. The topological polar surface area (TPSA) is 102 Å². The van der Waals surface area contributed by atoms with Crippen LogP contribution in [0.2, 0.25) is 0 Å². The second kappa shape index (κ2) is 5.32. The van der Waals surface area contributed by atoms with E-state index in [0.717, 1.165) is 13.2 Å². The molecule has 0 unspecified atom stereocenters. The molecule has 9 heteroatoms. The van der Waals surface area contributed by atoms with E-state index in [1.54, 1.807) is 0 Å². The first-order valence-corrected chi connectivity index (χ1v) is 6.87. The number of esters is 1. The molecular weight excluding hydrogens is 284 g/mol. The maximum atomic E-state index is 11.3. The number of amides is 1. The van der Waals surface area contributed by atoms with Gasteiger partial charge in [-0.05, 0) is 12.1 Å². The molecule has 7 nitrogen and oxygen atoms in total. The van der Waals surface area contributed by atoms with Gasteiger partial charge in [0.25, 0.3) is 9.05 Å². The van der Waals surface area contributed by atoms with Gasteiger partial charge in [-0.15, -0.1) is 0 Å². The first-order chi connectivity index (χ1) is 8.24. The minimum Gasteiger partial charge on any atom is -0.465 e. The summed E-state index contributed by atoms with van der Waals surface area (Å²) in [5.74, 6) is -1.35. The Kier molecular flexibility index (Phi) is 4.25. The molecule has 1 N–H and O–H groups in total. The average Bonchev–Trinajstić information content (AvgIpc) is 2.25. The maximum Gasteiger partial charge on any atom is 0.338 e. The molecule has 1 aromatic heterocycles. The minimum atomic E-state index is -4.12. The van der Waals surface area contributed by atoms with Gasteiger partial charge in [-0.1, -0.05) is 0 Å². The van der Waals surface area contributed by atoms with Crippen LogP contribution in [-0.2, 0) is 18.6 Å². The fraction of sp³-hybridized carbons (Fsp3) is 0.222. The van der Waals surface area contributed by atoms with Gasteiger partial charge in [0.1, 0.15) is 5.82 Å². The monoisotopic (exact) mass is 292 g/mol. The van der Waals surface area contributed by atoms with E-state index in [4.69, 9.17) is 10.7 Å². The van der Waals surface area contributed by atoms with Crippen molar-refractivity contribution in [3.63, 3.8) is 0 Å². The van der Waals surface area contributed by atoms with Gasteiger partial charge in [0.05, 0.1) is 12.7 Å². The Morgan fingerprint density at radius 2 is 2.00 bits per heavy atom. The molecule has 1 amide bonds. The molecule has 98 valence electrons. The predicted octanol–water partition coefficient (Wildman–Crippen LogP) is 0.754. The van der Waals surface area contributed by atoms with Gasteiger partial charge < -0.3 is 10.1 Å². The van der Waals surface area contributed by atoms with Crippen molar-refractivity contribution >= 4 is 37.4 Å². The van der Waals surface area contributed by atoms with Crippen molar-refractivity contribution in [1.29, 1.82) is 0 Å². The van der Waals surface area contributed by atoms with Crippen molar-refractivity contribution in [2.45, 2.75) is 11.9 Å². The van der Waals surface area contributed by atoms with Gasteiger partial charge in [0.15, 0.2) is 5.03 Å². The van der Waals surface area contributed by atoms with Crippen molar-refractivity contribution in [2.24, 2.45) is 0 Å². The molecule has 0 saturated heterocycles. The standard InChI is InChI=1S/C9H9ClN2O5S/c1-5(13)11-7-3-6(9(14)17-2)4-8(12-7)18(10,15)16/h3-4H,1-2H3,(H,11,12,13). The lowest BCUT2D eigenvalue weighted by Crippen LogP contribution is -2.12. The summed E-state index contributed by atoms with van der Waals surface area (Å²) in [5.41, 5.74) is -0.0875. The fourth-order valence-corrected chi connectivity index (χ4v) is 1.82. The molecule has 0 aliphatic heterocycles. The van der Waals surface area contributed by atoms with Crippen molar-refractivity contribution in [3.05, 3.63) is 17.7 Å². The Hall–Kier alpha value is -1.67. The number of nitrogens with zero attached hydrogens (tertiary/aromatic N) is 1. The highest BCUT2D eigenvalue weighted by molar-refractivity contribution is 8.13. The maximum absolute atomic E-state index is 11.3. The number of aromatic nitrogens is 1. The van der Waals surface area contributed by atoms with E-state index in [1.165, 1.54) is 13.0 Å². The fourth-order valence-electron chi connectivity index (χ4n) is 1.11. The summed E-state index contributed by atoms with van der Waals surface area (Å²) in [5, 5.41) is 1.71.